The molecule has 0 spiro atoms. The van der Waals surface area contributed by atoms with Gasteiger partial charge in [0.1, 0.15) is 0 Å². The van der Waals surface area contributed by atoms with Crippen molar-refractivity contribution < 1.29 is 13.0 Å². The fraction of sp³-hybridized carbons (Fsp3) is 0.500. The largest absolute Gasteiger partial charge is 0.286 e. The lowest BCUT2D eigenvalue weighted by molar-refractivity contribution is 0.486. The third-order valence-electron chi connectivity index (χ3n) is 0.211. The molecule has 0 aromatic carbocycles. The van der Waals surface area contributed by atoms with Gasteiger partial charge in [0.05, 0.1) is 5.75 Å². The molecule has 0 aliphatic rings. The zero-order chi connectivity index (χ0) is 5.21. The molecule has 36 valence electrons. The predicted molar refractivity (Wildman–Crippen MR) is 20.7 cm³/mol. The van der Waals surface area contributed by atoms with Crippen molar-refractivity contribution in [2.24, 2.45) is 0 Å². The van der Waals surface area contributed by atoms with E-state index in [1.165, 1.54) is 0 Å². The Kier molecular flexibility index (Phi) is 1.55. The van der Waals surface area contributed by atoms with Crippen LogP contribution in [-0.4, -0.2) is 18.7 Å². The molecule has 0 bridgehead atoms. The minimum atomic E-state index is -3.88. The summed E-state index contributed by atoms with van der Waals surface area (Å²) in [7, 11) is -3.88. The maximum Gasteiger partial charge on any atom is 0.265 e. The summed E-state index contributed by atoms with van der Waals surface area (Å²) in [5, 5.41) is 0. The quantitative estimate of drug-likeness (QED) is 0.464. The van der Waals surface area contributed by atoms with E-state index < -0.39 is 15.9 Å². The van der Waals surface area contributed by atoms with Crippen molar-refractivity contribution in [1.29, 1.82) is 0 Å². The highest BCUT2D eigenvalue weighted by Crippen LogP contribution is 1.73. The van der Waals surface area contributed by atoms with Crippen molar-refractivity contribution in [3.63, 3.8) is 0 Å². The highest BCUT2D eigenvalue weighted by Gasteiger charge is 1.93. The van der Waals surface area contributed by atoms with Gasteiger partial charge in [0.2, 0.25) is 0 Å². The van der Waals surface area contributed by atoms with E-state index in [-0.39, 0.29) is 0 Å². The Balaban J connectivity index is 3.85. The van der Waals surface area contributed by atoms with Gasteiger partial charge in [-0.2, -0.15) is 8.42 Å². The Morgan fingerprint density at radius 2 is 1.83 bits per heavy atom. The zero-order valence-corrected chi connectivity index (χ0v) is 3.77. The van der Waals surface area contributed by atoms with E-state index in [0.29, 0.717) is 0 Å². The van der Waals surface area contributed by atoms with Crippen molar-refractivity contribution in [3.05, 3.63) is 6.92 Å². The first-order valence-electron chi connectivity index (χ1n) is 1.21. The molecule has 4 heteroatoms. The topological polar surface area (TPSA) is 54.4 Å². The van der Waals surface area contributed by atoms with E-state index in [1.54, 1.807) is 0 Å². The van der Waals surface area contributed by atoms with Crippen molar-refractivity contribution in [1.82, 2.24) is 0 Å². The van der Waals surface area contributed by atoms with E-state index in [1.807, 2.05) is 0 Å². The van der Waals surface area contributed by atoms with Gasteiger partial charge >= 0.3 is 0 Å². The Hall–Kier alpha value is -0.0900. The Morgan fingerprint density at radius 3 is 1.83 bits per heavy atom. The molecule has 0 aromatic rings. The standard InChI is InChI=1S/C2H4O3S/c1-2-6(3,4)5/h1H,2H2,(H,3,4,5). The lowest BCUT2D eigenvalue weighted by Crippen LogP contribution is -1.98. The van der Waals surface area contributed by atoms with Crippen LogP contribution in [-0.2, 0) is 10.1 Å². The average molecular weight is 108 g/mol. The van der Waals surface area contributed by atoms with Crippen molar-refractivity contribution in [2.45, 2.75) is 0 Å². The first-order chi connectivity index (χ1) is 2.56. The van der Waals surface area contributed by atoms with Gasteiger partial charge in [0.15, 0.2) is 0 Å². The van der Waals surface area contributed by atoms with Gasteiger partial charge < -0.3 is 0 Å². The molecular formula is C2H4O3S. The molecule has 0 atom stereocenters. The fourth-order valence-electron chi connectivity index (χ4n) is 0. The number of rotatable bonds is 1. The van der Waals surface area contributed by atoms with E-state index >= 15 is 0 Å². The Morgan fingerprint density at radius 1 is 1.67 bits per heavy atom. The highest BCUT2D eigenvalue weighted by atomic mass is 32.2. The molecule has 0 unspecified atom stereocenters. The van der Waals surface area contributed by atoms with E-state index in [0.717, 1.165) is 0 Å². The summed E-state index contributed by atoms with van der Waals surface area (Å²) in [6.45, 7) is 4.47. The van der Waals surface area contributed by atoms with Crippen LogP contribution in [0.25, 0.3) is 0 Å². The molecule has 0 fully saturated rings. The van der Waals surface area contributed by atoms with E-state index in [9.17, 15) is 8.42 Å². The minimum Gasteiger partial charge on any atom is -0.286 e. The lowest BCUT2D eigenvalue weighted by atomic mass is 11.0. The van der Waals surface area contributed by atoms with E-state index in [4.69, 9.17) is 4.55 Å². The second-order valence-corrected chi connectivity index (χ2v) is 2.25. The van der Waals surface area contributed by atoms with Crippen LogP contribution in [0, 0.1) is 6.92 Å². The molecule has 1 N–H and O–H groups in total. The van der Waals surface area contributed by atoms with Crippen molar-refractivity contribution in [3.8, 4) is 0 Å². The molecule has 6 heavy (non-hydrogen) atoms. The van der Waals surface area contributed by atoms with Crippen LogP contribution in [0.1, 0.15) is 0 Å². The maximum atomic E-state index is 9.43. The smallest absolute Gasteiger partial charge is 0.265 e. The summed E-state index contributed by atoms with van der Waals surface area (Å²) in [6.07, 6.45) is 0. The van der Waals surface area contributed by atoms with Crippen LogP contribution in [0.4, 0.5) is 0 Å². The minimum absolute atomic E-state index is 0.701. The van der Waals surface area contributed by atoms with Crippen LogP contribution < -0.4 is 0 Å². The van der Waals surface area contributed by atoms with Crippen molar-refractivity contribution in [2.75, 3.05) is 5.75 Å². The van der Waals surface area contributed by atoms with Crippen LogP contribution >= 0.6 is 0 Å². The summed E-state index contributed by atoms with van der Waals surface area (Å²) in [4.78, 5) is 0. The maximum absolute atomic E-state index is 9.43. The first-order valence-corrected chi connectivity index (χ1v) is 2.82. The van der Waals surface area contributed by atoms with Crippen molar-refractivity contribution >= 4 is 10.1 Å². The molecule has 0 aromatic heterocycles. The summed E-state index contributed by atoms with van der Waals surface area (Å²) in [5.41, 5.74) is 0. The summed E-state index contributed by atoms with van der Waals surface area (Å²) < 4.78 is 26.5. The molecular weight excluding hydrogens is 104 g/mol. The second-order valence-electron chi connectivity index (χ2n) is 0.749. The van der Waals surface area contributed by atoms with Crippen LogP contribution in [0.15, 0.2) is 0 Å². The fourth-order valence-corrected chi connectivity index (χ4v) is 0. The van der Waals surface area contributed by atoms with Gasteiger partial charge in [0.25, 0.3) is 10.1 Å². The Labute approximate surface area is 36.7 Å². The molecule has 3 nitrogen and oxygen atoms in total. The monoisotopic (exact) mass is 108 g/mol. The van der Waals surface area contributed by atoms with Gasteiger partial charge in [-0.3, -0.25) is 4.55 Å². The molecule has 0 heterocycles. The molecule has 0 amide bonds. The summed E-state index contributed by atoms with van der Waals surface area (Å²) in [5.74, 6) is -0.701. The van der Waals surface area contributed by atoms with Gasteiger partial charge in [-0.25, -0.2) is 0 Å². The van der Waals surface area contributed by atoms with Gasteiger partial charge in [-0.1, -0.05) is 0 Å². The van der Waals surface area contributed by atoms with Gasteiger partial charge in [-0.05, 0) is 6.92 Å². The molecule has 2 radical (unpaired) electrons. The summed E-state index contributed by atoms with van der Waals surface area (Å²) >= 11 is 0. The van der Waals surface area contributed by atoms with Gasteiger partial charge in [0, 0.05) is 0 Å². The SMILES string of the molecule is [CH]CS(=O)(=O)O. The zero-order valence-electron chi connectivity index (χ0n) is 2.96. The normalized spacial score (nSPS) is 11.7. The molecule has 0 aliphatic carbocycles. The molecule has 0 saturated carbocycles. The summed E-state index contributed by atoms with van der Waals surface area (Å²) in [6, 6.07) is 0. The van der Waals surface area contributed by atoms with Crippen LogP contribution in [0.2, 0.25) is 0 Å². The predicted octanol–water partition coefficient (Wildman–Crippen LogP) is -0.415. The highest BCUT2D eigenvalue weighted by molar-refractivity contribution is 7.85. The van der Waals surface area contributed by atoms with Crippen LogP contribution in [0.5, 0.6) is 0 Å². The van der Waals surface area contributed by atoms with Crippen LogP contribution in [0.3, 0.4) is 0 Å². The van der Waals surface area contributed by atoms with Gasteiger partial charge in [-0.15, -0.1) is 0 Å². The van der Waals surface area contributed by atoms with E-state index in [2.05, 4.69) is 6.92 Å². The average Bonchev–Trinajstić information content (AvgIpc) is 1.35. The lowest BCUT2D eigenvalue weighted by Gasteiger charge is -1.79. The number of hydrogen-bond donors (Lipinski definition) is 1. The third kappa shape index (κ3) is 3.91. The first kappa shape index (κ1) is 5.91. The Bertz CT molecular complexity index is 111. The number of hydrogen-bond acceptors (Lipinski definition) is 2. The molecule has 0 aliphatic heterocycles. The molecule has 0 rings (SSSR count). The third-order valence-corrected chi connectivity index (χ3v) is 0.632. The second kappa shape index (κ2) is 1.57. The molecule has 0 saturated heterocycles.